The van der Waals surface area contributed by atoms with Gasteiger partial charge in [-0.3, -0.25) is 4.79 Å². The van der Waals surface area contributed by atoms with Crippen molar-refractivity contribution >= 4 is 11.6 Å². The fourth-order valence-electron chi connectivity index (χ4n) is 2.03. The molecule has 0 spiro atoms. The van der Waals surface area contributed by atoms with Gasteiger partial charge < -0.3 is 15.8 Å². The van der Waals surface area contributed by atoms with Crippen LogP contribution >= 0.6 is 0 Å². The standard InChI is InChI=1S/C16H17FN2O2/c1-10-4-3-5-13(15(10)17)16(20)19-9-11-8-12(18)6-7-14(11)21-2/h3-8H,9,18H2,1-2H3,(H,19,20). The first-order valence-corrected chi connectivity index (χ1v) is 6.48. The average Bonchev–Trinajstić information content (AvgIpc) is 2.47. The highest BCUT2D eigenvalue weighted by molar-refractivity contribution is 5.94. The number of nitrogens with one attached hydrogen (secondary N) is 1. The van der Waals surface area contributed by atoms with Crippen molar-refractivity contribution in [1.29, 1.82) is 0 Å². The summed E-state index contributed by atoms with van der Waals surface area (Å²) in [7, 11) is 1.54. The largest absolute Gasteiger partial charge is 0.496 e. The number of nitrogens with two attached hydrogens (primary N) is 1. The Kier molecular flexibility index (Phi) is 4.42. The summed E-state index contributed by atoms with van der Waals surface area (Å²) in [6.45, 7) is 1.83. The zero-order valence-electron chi connectivity index (χ0n) is 11.9. The molecule has 0 saturated carbocycles. The molecule has 21 heavy (non-hydrogen) atoms. The summed E-state index contributed by atoms with van der Waals surface area (Å²) >= 11 is 0. The second-order valence-corrected chi connectivity index (χ2v) is 4.69. The Hall–Kier alpha value is -2.56. The number of amides is 1. The van der Waals surface area contributed by atoms with Crippen molar-refractivity contribution in [2.24, 2.45) is 0 Å². The van der Waals surface area contributed by atoms with Gasteiger partial charge in [-0.1, -0.05) is 12.1 Å². The number of carbonyl (C=O) groups is 1. The van der Waals surface area contributed by atoms with E-state index in [0.29, 0.717) is 17.0 Å². The molecule has 0 saturated heterocycles. The molecule has 2 aromatic carbocycles. The number of methoxy groups -OCH3 is 1. The summed E-state index contributed by atoms with van der Waals surface area (Å²) in [4.78, 5) is 12.1. The lowest BCUT2D eigenvalue weighted by Gasteiger charge is -2.11. The number of aryl methyl sites for hydroxylation is 1. The molecule has 0 aliphatic rings. The van der Waals surface area contributed by atoms with Gasteiger partial charge in [-0.05, 0) is 36.8 Å². The molecule has 4 nitrogen and oxygen atoms in total. The highest BCUT2D eigenvalue weighted by Crippen LogP contribution is 2.21. The molecule has 0 fully saturated rings. The first-order valence-electron chi connectivity index (χ1n) is 6.48. The Bertz CT molecular complexity index is 671. The van der Waals surface area contributed by atoms with E-state index < -0.39 is 11.7 Å². The van der Waals surface area contributed by atoms with Crippen molar-refractivity contribution in [2.75, 3.05) is 12.8 Å². The molecule has 0 aliphatic carbocycles. The Balaban J connectivity index is 2.15. The third kappa shape index (κ3) is 3.31. The van der Waals surface area contributed by atoms with Gasteiger partial charge in [0.25, 0.3) is 5.91 Å². The van der Waals surface area contributed by atoms with Gasteiger partial charge in [0.1, 0.15) is 11.6 Å². The first kappa shape index (κ1) is 14.8. The molecule has 0 bridgehead atoms. The number of halogens is 1. The lowest BCUT2D eigenvalue weighted by molar-refractivity contribution is 0.0946. The molecule has 5 heteroatoms. The van der Waals surface area contributed by atoms with Crippen LogP contribution in [0.3, 0.4) is 0 Å². The van der Waals surface area contributed by atoms with E-state index in [1.807, 2.05) is 0 Å². The van der Waals surface area contributed by atoms with E-state index >= 15 is 0 Å². The minimum absolute atomic E-state index is 0.0258. The number of ether oxygens (including phenoxy) is 1. The topological polar surface area (TPSA) is 64.3 Å². The number of benzene rings is 2. The number of carbonyl (C=O) groups excluding carboxylic acids is 1. The summed E-state index contributed by atoms with van der Waals surface area (Å²) in [6.07, 6.45) is 0. The van der Waals surface area contributed by atoms with Crippen LogP contribution in [0.15, 0.2) is 36.4 Å². The maximum Gasteiger partial charge on any atom is 0.254 e. The number of hydrogen-bond donors (Lipinski definition) is 2. The van der Waals surface area contributed by atoms with E-state index in [2.05, 4.69) is 5.32 Å². The smallest absolute Gasteiger partial charge is 0.254 e. The summed E-state index contributed by atoms with van der Waals surface area (Å²) < 4.78 is 19.1. The molecule has 0 aromatic heterocycles. The predicted molar refractivity (Wildman–Crippen MR) is 79.7 cm³/mol. The third-order valence-electron chi connectivity index (χ3n) is 3.18. The van der Waals surface area contributed by atoms with E-state index in [-0.39, 0.29) is 12.1 Å². The number of anilines is 1. The maximum atomic E-state index is 13.9. The second-order valence-electron chi connectivity index (χ2n) is 4.69. The van der Waals surface area contributed by atoms with E-state index in [1.54, 1.807) is 37.3 Å². The molecular formula is C16H17FN2O2. The van der Waals surface area contributed by atoms with Gasteiger partial charge >= 0.3 is 0 Å². The van der Waals surface area contributed by atoms with Crippen LogP contribution < -0.4 is 15.8 Å². The monoisotopic (exact) mass is 288 g/mol. The zero-order valence-corrected chi connectivity index (χ0v) is 11.9. The van der Waals surface area contributed by atoms with Crippen LogP contribution in [-0.2, 0) is 6.54 Å². The minimum atomic E-state index is -0.505. The highest BCUT2D eigenvalue weighted by Gasteiger charge is 2.13. The molecule has 110 valence electrons. The van der Waals surface area contributed by atoms with Crippen molar-refractivity contribution in [2.45, 2.75) is 13.5 Å². The molecular weight excluding hydrogens is 271 g/mol. The number of nitrogen functional groups attached to an aromatic ring is 1. The van der Waals surface area contributed by atoms with Crippen LogP contribution in [0, 0.1) is 12.7 Å². The highest BCUT2D eigenvalue weighted by atomic mass is 19.1. The minimum Gasteiger partial charge on any atom is -0.496 e. The predicted octanol–water partition coefficient (Wildman–Crippen LogP) is 2.65. The first-order chi connectivity index (χ1) is 10.0. The Morgan fingerprint density at radius 3 is 2.81 bits per heavy atom. The molecule has 0 heterocycles. The lowest BCUT2D eigenvalue weighted by Crippen LogP contribution is -2.24. The summed E-state index contributed by atoms with van der Waals surface area (Å²) in [5.74, 6) is -0.357. The fourth-order valence-corrected chi connectivity index (χ4v) is 2.03. The van der Waals surface area contributed by atoms with E-state index in [1.165, 1.54) is 13.2 Å². The van der Waals surface area contributed by atoms with Crippen molar-refractivity contribution in [1.82, 2.24) is 5.32 Å². The van der Waals surface area contributed by atoms with Gasteiger partial charge in [-0.15, -0.1) is 0 Å². The lowest BCUT2D eigenvalue weighted by atomic mass is 10.1. The fraction of sp³-hybridized carbons (Fsp3) is 0.188. The normalized spacial score (nSPS) is 10.2. The van der Waals surface area contributed by atoms with E-state index in [9.17, 15) is 9.18 Å². The molecule has 3 N–H and O–H groups in total. The van der Waals surface area contributed by atoms with Gasteiger partial charge in [0.15, 0.2) is 0 Å². The molecule has 0 unspecified atom stereocenters. The van der Waals surface area contributed by atoms with E-state index in [4.69, 9.17) is 10.5 Å². The van der Waals surface area contributed by atoms with Crippen LogP contribution in [0.4, 0.5) is 10.1 Å². The van der Waals surface area contributed by atoms with E-state index in [0.717, 1.165) is 5.56 Å². The van der Waals surface area contributed by atoms with Crippen LogP contribution in [0.25, 0.3) is 0 Å². The van der Waals surface area contributed by atoms with Crippen molar-refractivity contribution in [3.05, 3.63) is 58.9 Å². The molecule has 2 rings (SSSR count). The van der Waals surface area contributed by atoms with Gasteiger partial charge in [0, 0.05) is 17.8 Å². The molecule has 0 atom stereocenters. The van der Waals surface area contributed by atoms with Crippen LogP contribution in [0.5, 0.6) is 5.75 Å². The van der Waals surface area contributed by atoms with Crippen molar-refractivity contribution in [3.63, 3.8) is 0 Å². The summed E-state index contributed by atoms with van der Waals surface area (Å²) in [6, 6.07) is 9.87. The van der Waals surface area contributed by atoms with Crippen molar-refractivity contribution < 1.29 is 13.9 Å². The average molecular weight is 288 g/mol. The Morgan fingerprint density at radius 1 is 1.33 bits per heavy atom. The summed E-state index contributed by atoms with van der Waals surface area (Å²) in [5, 5.41) is 2.67. The maximum absolute atomic E-state index is 13.9. The van der Waals surface area contributed by atoms with Gasteiger partial charge in [0.05, 0.1) is 12.7 Å². The molecule has 0 aliphatic heterocycles. The van der Waals surface area contributed by atoms with Gasteiger partial charge in [-0.2, -0.15) is 0 Å². The quantitative estimate of drug-likeness (QED) is 0.850. The third-order valence-corrected chi connectivity index (χ3v) is 3.18. The number of rotatable bonds is 4. The zero-order chi connectivity index (χ0) is 15.4. The second kappa shape index (κ2) is 6.26. The number of hydrogen-bond acceptors (Lipinski definition) is 3. The summed E-state index contributed by atoms with van der Waals surface area (Å²) in [5.41, 5.74) is 7.48. The molecule has 0 radical (unpaired) electrons. The molecule has 2 aromatic rings. The Morgan fingerprint density at radius 2 is 2.10 bits per heavy atom. The van der Waals surface area contributed by atoms with Crippen LogP contribution in [-0.4, -0.2) is 13.0 Å². The van der Waals surface area contributed by atoms with Crippen LogP contribution in [0.2, 0.25) is 0 Å². The van der Waals surface area contributed by atoms with Crippen molar-refractivity contribution in [3.8, 4) is 5.75 Å². The Labute approximate surface area is 122 Å². The molecule has 1 amide bonds. The van der Waals surface area contributed by atoms with Gasteiger partial charge in [-0.25, -0.2) is 4.39 Å². The van der Waals surface area contributed by atoms with Crippen LogP contribution in [0.1, 0.15) is 21.5 Å². The SMILES string of the molecule is COc1ccc(N)cc1CNC(=O)c1cccc(C)c1F. The van der Waals surface area contributed by atoms with Gasteiger partial charge in [0.2, 0.25) is 0 Å².